The first-order valence-electron chi connectivity index (χ1n) is 16.2. The van der Waals surface area contributed by atoms with Crippen molar-refractivity contribution in [3.8, 4) is 27.9 Å². The van der Waals surface area contributed by atoms with Crippen molar-refractivity contribution >= 4 is 44.7 Å². The van der Waals surface area contributed by atoms with E-state index >= 15 is 0 Å². The van der Waals surface area contributed by atoms with Gasteiger partial charge in [0.05, 0.1) is 11.0 Å². The topological polar surface area (TPSA) is 30.9 Å². The van der Waals surface area contributed by atoms with Crippen LogP contribution in [0.25, 0.3) is 72.7 Å². The van der Waals surface area contributed by atoms with Crippen LogP contribution in [-0.4, -0.2) is 4.57 Å². The third-order valence-electron chi connectivity index (χ3n) is 8.46. The largest absolute Gasteiger partial charge is 0.405 e. The van der Waals surface area contributed by atoms with E-state index in [0.717, 1.165) is 12.0 Å². The molecule has 0 saturated heterocycles. The molecule has 2 heteroatoms. The van der Waals surface area contributed by atoms with Gasteiger partial charge in [-0.1, -0.05) is 141 Å². The predicted molar refractivity (Wildman–Crippen MR) is 207 cm³/mol. The highest BCUT2D eigenvalue weighted by Gasteiger charge is 2.15. The van der Waals surface area contributed by atoms with Crippen molar-refractivity contribution in [2.45, 2.75) is 20.3 Å². The van der Waals surface area contributed by atoms with Gasteiger partial charge in [0.1, 0.15) is 0 Å². The zero-order chi connectivity index (χ0) is 32.6. The minimum atomic E-state index is 1.07. The zero-order valence-electron chi connectivity index (χ0n) is 27.1. The highest BCUT2D eigenvalue weighted by Crippen LogP contribution is 2.38. The second-order valence-corrected chi connectivity index (χ2v) is 11.4. The van der Waals surface area contributed by atoms with Gasteiger partial charge in [0, 0.05) is 21.8 Å². The lowest BCUT2D eigenvalue weighted by molar-refractivity contribution is 1.19. The van der Waals surface area contributed by atoms with Crippen LogP contribution in [0.1, 0.15) is 31.4 Å². The minimum absolute atomic E-state index is 1.07. The Hall–Kier alpha value is -5.86. The number of nitrogens with two attached hydrogens (primary N) is 1. The van der Waals surface area contributed by atoms with Gasteiger partial charge < -0.3 is 10.3 Å². The molecule has 1 heterocycles. The first-order valence-corrected chi connectivity index (χ1v) is 16.2. The molecule has 47 heavy (non-hydrogen) atoms. The number of aromatic nitrogens is 1. The number of hydrogen-bond acceptors (Lipinski definition) is 1. The quantitative estimate of drug-likeness (QED) is 0.179. The number of benzene rings is 6. The van der Waals surface area contributed by atoms with Crippen LogP contribution in [0.4, 0.5) is 0 Å². The third kappa shape index (κ3) is 6.45. The summed E-state index contributed by atoms with van der Waals surface area (Å²) in [5, 5.41) is 5.06. The van der Waals surface area contributed by atoms with E-state index < -0.39 is 0 Å². The van der Waals surface area contributed by atoms with Gasteiger partial charge >= 0.3 is 0 Å². The van der Waals surface area contributed by atoms with E-state index in [1.54, 1.807) is 0 Å². The third-order valence-corrected chi connectivity index (χ3v) is 8.46. The molecule has 6 aromatic carbocycles. The summed E-state index contributed by atoms with van der Waals surface area (Å²) in [6.07, 6.45) is 14.5. The molecule has 0 spiro atoms. The molecule has 230 valence electrons. The van der Waals surface area contributed by atoms with Crippen molar-refractivity contribution in [3.63, 3.8) is 0 Å². The van der Waals surface area contributed by atoms with Gasteiger partial charge in [-0.2, -0.15) is 0 Å². The fourth-order valence-corrected chi connectivity index (χ4v) is 6.21. The Morgan fingerprint density at radius 3 is 2.00 bits per heavy atom. The normalized spacial score (nSPS) is 11.6. The summed E-state index contributed by atoms with van der Waals surface area (Å²) >= 11 is 0. The lowest BCUT2D eigenvalue weighted by Crippen LogP contribution is -1.94. The Balaban J connectivity index is 0.000000499. The van der Waals surface area contributed by atoms with Crippen LogP contribution in [-0.2, 0) is 0 Å². The summed E-state index contributed by atoms with van der Waals surface area (Å²) < 4.78 is 2.40. The van der Waals surface area contributed by atoms with Gasteiger partial charge in [0.2, 0.25) is 0 Å². The average molecular weight is 609 g/mol. The van der Waals surface area contributed by atoms with E-state index in [0.29, 0.717) is 0 Å². The van der Waals surface area contributed by atoms with Crippen LogP contribution in [0.2, 0.25) is 0 Å². The van der Waals surface area contributed by atoms with E-state index in [4.69, 9.17) is 5.73 Å². The van der Waals surface area contributed by atoms with Crippen molar-refractivity contribution in [1.82, 2.24) is 4.57 Å². The van der Waals surface area contributed by atoms with E-state index in [9.17, 15) is 0 Å². The van der Waals surface area contributed by atoms with Crippen LogP contribution < -0.4 is 5.73 Å². The summed E-state index contributed by atoms with van der Waals surface area (Å²) in [5.74, 6) is 0. The van der Waals surface area contributed by atoms with Gasteiger partial charge in [-0.05, 0) is 94.7 Å². The molecule has 0 saturated carbocycles. The maximum absolute atomic E-state index is 5.04. The van der Waals surface area contributed by atoms with Crippen LogP contribution in [0.15, 0.2) is 164 Å². The maximum Gasteiger partial charge on any atom is 0.0619 e. The van der Waals surface area contributed by atoms with Crippen LogP contribution in [0, 0.1) is 0 Å². The lowest BCUT2D eigenvalue weighted by Gasteiger charge is -2.11. The highest BCUT2D eigenvalue weighted by atomic mass is 15.0. The van der Waals surface area contributed by atoms with Gasteiger partial charge in [-0.3, -0.25) is 0 Å². The molecule has 0 fully saturated rings. The minimum Gasteiger partial charge on any atom is -0.405 e. The van der Waals surface area contributed by atoms with Gasteiger partial charge in [0.25, 0.3) is 0 Å². The predicted octanol–water partition coefficient (Wildman–Crippen LogP) is 12.4. The van der Waals surface area contributed by atoms with Gasteiger partial charge in [-0.15, -0.1) is 0 Å². The van der Waals surface area contributed by atoms with Gasteiger partial charge in [0.15, 0.2) is 0 Å². The van der Waals surface area contributed by atoms with E-state index in [2.05, 4.69) is 158 Å². The van der Waals surface area contributed by atoms with E-state index in [1.807, 2.05) is 31.2 Å². The fraction of sp³-hybridized carbons (Fsp3) is 0.0667. The van der Waals surface area contributed by atoms with Crippen molar-refractivity contribution < 1.29 is 0 Å². The Morgan fingerprint density at radius 1 is 0.638 bits per heavy atom. The van der Waals surface area contributed by atoms with Crippen LogP contribution >= 0.6 is 0 Å². The Labute approximate surface area is 278 Å². The molecule has 0 aliphatic rings. The molecule has 7 rings (SSSR count). The van der Waals surface area contributed by atoms with Gasteiger partial charge in [-0.25, -0.2) is 0 Å². The molecule has 0 unspecified atom stereocenters. The SMILES string of the molecule is C=Cc1ccc(-c2ccc(-c3ccc4c(ccc5c6ccccc6n(-c6ccccc6)c45)c3)cc2)cc1/C=C\C.CC/C=C\C=C/N. The summed E-state index contributed by atoms with van der Waals surface area (Å²) in [4.78, 5) is 0. The molecular formula is C45H40N2. The van der Waals surface area contributed by atoms with Crippen molar-refractivity contribution in [2.24, 2.45) is 5.73 Å². The van der Waals surface area contributed by atoms with E-state index in [1.165, 1.54) is 72.3 Å². The van der Waals surface area contributed by atoms with Crippen LogP contribution in [0.3, 0.4) is 0 Å². The molecule has 7 aromatic rings. The zero-order valence-corrected chi connectivity index (χ0v) is 27.1. The fourth-order valence-electron chi connectivity index (χ4n) is 6.21. The maximum atomic E-state index is 5.04. The number of rotatable bonds is 7. The molecule has 0 amide bonds. The number of nitrogens with zero attached hydrogens (tertiary/aromatic N) is 1. The van der Waals surface area contributed by atoms with Crippen molar-refractivity contribution in [3.05, 3.63) is 176 Å². The van der Waals surface area contributed by atoms with E-state index in [-0.39, 0.29) is 0 Å². The summed E-state index contributed by atoms with van der Waals surface area (Å²) in [7, 11) is 0. The smallest absolute Gasteiger partial charge is 0.0619 e. The summed E-state index contributed by atoms with van der Waals surface area (Å²) in [6, 6.07) is 46.2. The summed E-state index contributed by atoms with van der Waals surface area (Å²) in [6.45, 7) is 8.09. The molecule has 0 radical (unpaired) electrons. The standard InChI is InChI=1S/C39H29N.C6H11N/c1-3-10-30-25-31(20-15-27(30)4-2)28-16-18-29(19-17-28)32-21-23-35-33(26-32)22-24-37-36-13-8-9-14-38(36)40(39(35)37)34-11-6-5-7-12-34;1-2-3-4-5-6-7/h3-26H,2H2,1H3;3-6H,2,7H2,1H3/b10-3-;4-3-,6-5-. The van der Waals surface area contributed by atoms with Crippen LogP contribution in [0.5, 0.6) is 0 Å². The van der Waals surface area contributed by atoms with Crippen molar-refractivity contribution in [1.29, 1.82) is 0 Å². The molecular weight excluding hydrogens is 569 g/mol. The molecule has 0 aliphatic heterocycles. The number of hydrogen-bond donors (Lipinski definition) is 1. The molecule has 2 N–H and O–H groups in total. The Kier molecular flexibility index (Phi) is 9.60. The Bertz CT molecular complexity index is 2240. The first-order chi connectivity index (χ1) is 23.2. The monoisotopic (exact) mass is 608 g/mol. The second kappa shape index (κ2) is 14.5. The molecule has 1 aromatic heterocycles. The first kappa shape index (κ1) is 31.1. The molecule has 0 atom stereocenters. The number of allylic oxidation sites excluding steroid dienone is 4. The number of para-hydroxylation sites is 2. The van der Waals surface area contributed by atoms with Crippen molar-refractivity contribution in [2.75, 3.05) is 0 Å². The lowest BCUT2D eigenvalue weighted by atomic mass is 9.95. The highest BCUT2D eigenvalue weighted by molar-refractivity contribution is 6.19. The molecule has 0 aliphatic carbocycles. The average Bonchev–Trinajstić information content (AvgIpc) is 3.47. The summed E-state index contributed by atoms with van der Waals surface area (Å²) in [5.41, 5.74) is 15.9. The number of fused-ring (bicyclic) bond motifs is 5. The molecule has 2 nitrogen and oxygen atoms in total. The second-order valence-electron chi connectivity index (χ2n) is 11.4. The molecule has 0 bridgehead atoms. The Morgan fingerprint density at radius 2 is 1.30 bits per heavy atom.